The van der Waals surface area contributed by atoms with Crippen LogP contribution in [0.1, 0.15) is 19.3 Å². The van der Waals surface area contributed by atoms with E-state index in [0.29, 0.717) is 0 Å². The molecule has 0 bridgehead atoms. The van der Waals surface area contributed by atoms with E-state index in [-0.39, 0.29) is 5.92 Å². The fraction of sp³-hybridized carbons (Fsp3) is 0.857. The minimum atomic E-state index is -0.676. The largest absolute Gasteiger partial charge is 0.481 e. The average Bonchev–Trinajstić information content (AvgIpc) is 1.97. The molecule has 0 spiro atoms. The number of carboxylic acids is 1. The molecule has 4 heteroatoms. The summed E-state index contributed by atoms with van der Waals surface area (Å²) in [6.07, 6.45) is 2.43. The second kappa shape index (κ2) is 7.10. The van der Waals surface area contributed by atoms with Crippen LogP contribution in [0.2, 0.25) is 0 Å². The predicted octanol–water partition coefficient (Wildman–Crippen LogP) is 2.65. The van der Waals surface area contributed by atoms with Gasteiger partial charge in [-0.25, -0.2) is 0 Å². The van der Waals surface area contributed by atoms with Crippen molar-refractivity contribution >= 4 is 37.8 Å². The first-order valence-electron chi connectivity index (χ1n) is 3.57. The molecule has 1 N–H and O–H groups in total. The van der Waals surface area contributed by atoms with Crippen molar-refractivity contribution in [2.24, 2.45) is 5.92 Å². The summed E-state index contributed by atoms with van der Waals surface area (Å²) in [5.74, 6) is -0.850. The topological polar surface area (TPSA) is 37.3 Å². The number of carbonyl (C=O) groups is 1. The van der Waals surface area contributed by atoms with E-state index in [1.54, 1.807) is 0 Å². The van der Waals surface area contributed by atoms with E-state index in [4.69, 9.17) is 5.11 Å². The Morgan fingerprint density at radius 3 is 2.27 bits per heavy atom. The van der Waals surface area contributed by atoms with Gasteiger partial charge in [0.25, 0.3) is 0 Å². The van der Waals surface area contributed by atoms with Gasteiger partial charge in [-0.05, 0) is 19.3 Å². The summed E-state index contributed by atoms with van der Waals surface area (Å²) in [5.41, 5.74) is 0. The summed E-state index contributed by atoms with van der Waals surface area (Å²) in [5, 5.41) is 10.4. The first-order chi connectivity index (χ1) is 5.22. The summed E-state index contributed by atoms with van der Waals surface area (Å²) >= 11 is 6.51. The SMILES string of the molecule is O=C(O)C(CCBr)CCCBr. The Kier molecular flexibility index (Phi) is 7.38. The minimum absolute atomic E-state index is 0.174. The Labute approximate surface area is 83.6 Å². The summed E-state index contributed by atoms with van der Waals surface area (Å²) in [4.78, 5) is 10.6. The van der Waals surface area contributed by atoms with Gasteiger partial charge in [0.2, 0.25) is 0 Å². The molecule has 0 aromatic rings. The van der Waals surface area contributed by atoms with Gasteiger partial charge >= 0.3 is 5.97 Å². The molecule has 0 fully saturated rings. The van der Waals surface area contributed by atoms with Gasteiger partial charge < -0.3 is 5.11 Å². The molecule has 0 saturated carbocycles. The average molecular weight is 288 g/mol. The van der Waals surface area contributed by atoms with Gasteiger partial charge in [-0.2, -0.15) is 0 Å². The second-order valence-corrected chi connectivity index (χ2v) is 3.93. The number of hydrogen-bond acceptors (Lipinski definition) is 1. The maximum atomic E-state index is 10.6. The van der Waals surface area contributed by atoms with E-state index < -0.39 is 5.97 Å². The predicted molar refractivity (Wildman–Crippen MR) is 52.6 cm³/mol. The zero-order valence-corrected chi connectivity index (χ0v) is 9.40. The molecule has 0 heterocycles. The lowest BCUT2D eigenvalue weighted by molar-refractivity contribution is -0.142. The molecule has 0 aliphatic heterocycles. The van der Waals surface area contributed by atoms with Gasteiger partial charge in [-0.3, -0.25) is 4.79 Å². The Morgan fingerprint density at radius 2 is 1.91 bits per heavy atom. The molecule has 1 unspecified atom stereocenters. The molecule has 2 nitrogen and oxygen atoms in total. The van der Waals surface area contributed by atoms with Crippen LogP contribution in [0.25, 0.3) is 0 Å². The molecule has 0 aliphatic carbocycles. The van der Waals surface area contributed by atoms with Crippen molar-refractivity contribution < 1.29 is 9.90 Å². The van der Waals surface area contributed by atoms with Crippen LogP contribution in [-0.4, -0.2) is 21.7 Å². The lowest BCUT2D eigenvalue weighted by Gasteiger charge is -2.08. The van der Waals surface area contributed by atoms with E-state index in [2.05, 4.69) is 31.9 Å². The summed E-state index contributed by atoms with van der Waals surface area (Å²) in [6, 6.07) is 0. The number of halogens is 2. The highest BCUT2D eigenvalue weighted by Gasteiger charge is 2.15. The van der Waals surface area contributed by atoms with Gasteiger partial charge in [-0.15, -0.1) is 0 Å². The first kappa shape index (κ1) is 11.4. The van der Waals surface area contributed by atoms with Crippen LogP contribution in [0.4, 0.5) is 0 Å². The second-order valence-electron chi connectivity index (χ2n) is 2.34. The van der Waals surface area contributed by atoms with Crippen molar-refractivity contribution in [3.05, 3.63) is 0 Å². The molecule has 0 radical (unpaired) electrons. The standard InChI is InChI=1S/C7H12Br2O2/c8-4-1-2-6(3-5-9)7(10)11/h6H,1-5H2,(H,10,11). The molecular weight excluding hydrogens is 276 g/mol. The van der Waals surface area contributed by atoms with Gasteiger partial charge in [0.05, 0.1) is 5.92 Å². The quantitative estimate of drug-likeness (QED) is 0.763. The zero-order valence-electron chi connectivity index (χ0n) is 6.22. The molecule has 1 atom stereocenters. The van der Waals surface area contributed by atoms with Crippen molar-refractivity contribution in [2.75, 3.05) is 10.7 Å². The molecule has 0 saturated heterocycles. The third-order valence-corrected chi connectivity index (χ3v) is 2.51. The third-order valence-electron chi connectivity index (χ3n) is 1.49. The number of aliphatic carboxylic acids is 1. The van der Waals surface area contributed by atoms with Gasteiger partial charge in [0.15, 0.2) is 0 Å². The molecule has 0 aromatic heterocycles. The van der Waals surface area contributed by atoms with E-state index in [9.17, 15) is 4.79 Å². The Bertz CT molecular complexity index is 117. The maximum absolute atomic E-state index is 10.6. The molecular formula is C7H12Br2O2. The lowest BCUT2D eigenvalue weighted by atomic mass is 10.0. The van der Waals surface area contributed by atoms with Crippen LogP contribution in [0, 0.1) is 5.92 Å². The Balaban J connectivity index is 3.60. The smallest absolute Gasteiger partial charge is 0.306 e. The summed E-state index contributed by atoms with van der Waals surface area (Å²) in [7, 11) is 0. The van der Waals surface area contributed by atoms with Gasteiger partial charge in [0, 0.05) is 10.7 Å². The van der Waals surface area contributed by atoms with Crippen molar-refractivity contribution in [1.82, 2.24) is 0 Å². The third kappa shape index (κ3) is 5.67. The maximum Gasteiger partial charge on any atom is 0.306 e. The van der Waals surface area contributed by atoms with Crippen LogP contribution in [0.3, 0.4) is 0 Å². The van der Waals surface area contributed by atoms with Crippen LogP contribution >= 0.6 is 31.9 Å². The molecule has 0 aliphatic rings. The van der Waals surface area contributed by atoms with Crippen LogP contribution < -0.4 is 0 Å². The monoisotopic (exact) mass is 286 g/mol. The van der Waals surface area contributed by atoms with Crippen LogP contribution in [0.15, 0.2) is 0 Å². The van der Waals surface area contributed by atoms with Crippen molar-refractivity contribution in [3.8, 4) is 0 Å². The highest BCUT2D eigenvalue weighted by Crippen LogP contribution is 2.13. The molecule has 11 heavy (non-hydrogen) atoms. The number of rotatable bonds is 6. The fourth-order valence-corrected chi connectivity index (χ4v) is 1.72. The number of alkyl halides is 2. The van der Waals surface area contributed by atoms with Crippen molar-refractivity contribution in [2.45, 2.75) is 19.3 Å². The number of hydrogen-bond donors (Lipinski definition) is 1. The van der Waals surface area contributed by atoms with Gasteiger partial charge in [0.1, 0.15) is 0 Å². The van der Waals surface area contributed by atoms with Crippen molar-refractivity contribution in [3.63, 3.8) is 0 Å². The zero-order chi connectivity index (χ0) is 8.69. The molecule has 0 rings (SSSR count). The Morgan fingerprint density at radius 1 is 1.27 bits per heavy atom. The lowest BCUT2D eigenvalue weighted by Crippen LogP contribution is -2.14. The van der Waals surface area contributed by atoms with Crippen LogP contribution in [0.5, 0.6) is 0 Å². The van der Waals surface area contributed by atoms with E-state index in [0.717, 1.165) is 29.9 Å². The normalized spacial score (nSPS) is 12.9. The molecule has 0 amide bonds. The Hall–Kier alpha value is 0.430. The highest BCUT2D eigenvalue weighted by molar-refractivity contribution is 9.09. The van der Waals surface area contributed by atoms with Gasteiger partial charge in [-0.1, -0.05) is 31.9 Å². The summed E-state index contributed by atoms with van der Waals surface area (Å²) in [6.45, 7) is 0. The van der Waals surface area contributed by atoms with Crippen LogP contribution in [-0.2, 0) is 4.79 Å². The van der Waals surface area contributed by atoms with Crippen molar-refractivity contribution in [1.29, 1.82) is 0 Å². The number of carboxylic acid groups (broad SMARTS) is 1. The molecule has 66 valence electrons. The highest BCUT2D eigenvalue weighted by atomic mass is 79.9. The summed E-state index contributed by atoms with van der Waals surface area (Å²) < 4.78 is 0. The van der Waals surface area contributed by atoms with E-state index in [1.807, 2.05) is 0 Å². The molecule has 0 aromatic carbocycles. The first-order valence-corrected chi connectivity index (χ1v) is 5.81. The van der Waals surface area contributed by atoms with E-state index in [1.165, 1.54) is 0 Å². The minimum Gasteiger partial charge on any atom is -0.481 e. The fourth-order valence-electron chi connectivity index (χ4n) is 0.847. The van der Waals surface area contributed by atoms with E-state index >= 15 is 0 Å².